The molecule has 0 spiro atoms. The molecule has 0 radical (unpaired) electrons. The van der Waals surface area contributed by atoms with Gasteiger partial charge < -0.3 is 4.74 Å². The Morgan fingerprint density at radius 3 is 2.21 bits per heavy atom. The van der Waals surface area contributed by atoms with Gasteiger partial charge in [0.25, 0.3) is 0 Å². The average Bonchev–Trinajstić information content (AvgIpc) is 2.59. The molecule has 0 aliphatic carbocycles. The van der Waals surface area contributed by atoms with Crippen LogP contribution in [0, 0.1) is 13.8 Å². The molecule has 0 fully saturated rings. The number of nitrogens with zero attached hydrogens (tertiary/aromatic N) is 3. The van der Waals surface area contributed by atoms with Crippen molar-refractivity contribution < 1.29 is 4.74 Å². The minimum atomic E-state index is 0.537. The van der Waals surface area contributed by atoms with E-state index in [-0.39, 0.29) is 0 Å². The van der Waals surface area contributed by atoms with Crippen molar-refractivity contribution in [3.8, 4) is 5.75 Å². The quantitative estimate of drug-likeness (QED) is 0.706. The average molecular weight is 317 g/mol. The van der Waals surface area contributed by atoms with Gasteiger partial charge in [-0.1, -0.05) is 48.5 Å². The normalized spacial score (nSPS) is 10.9. The minimum Gasteiger partial charge on any atom is -0.488 e. The van der Waals surface area contributed by atoms with Gasteiger partial charge in [-0.3, -0.25) is 0 Å². The monoisotopic (exact) mass is 317 g/mol. The van der Waals surface area contributed by atoms with Crippen LogP contribution in [0.25, 0.3) is 12.2 Å². The van der Waals surface area contributed by atoms with Crippen molar-refractivity contribution in [2.24, 2.45) is 0 Å². The Hall–Kier alpha value is -3.01. The van der Waals surface area contributed by atoms with E-state index in [1.807, 2.05) is 68.5 Å². The van der Waals surface area contributed by atoms with Gasteiger partial charge in [-0.25, -0.2) is 15.0 Å². The lowest BCUT2D eigenvalue weighted by molar-refractivity contribution is 0.305. The smallest absolute Gasteiger partial charge is 0.156 e. The summed E-state index contributed by atoms with van der Waals surface area (Å²) in [6, 6.07) is 18.0. The summed E-state index contributed by atoms with van der Waals surface area (Å²) in [5, 5.41) is 0. The second kappa shape index (κ2) is 7.51. The molecule has 0 amide bonds. The first-order chi connectivity index (χ1) is 11.7. The molecule has 2 aromatic carbocycles. The van der Waals surface area contributed by atoms with Crippen molar-refractivity contribution in [2.75, 3.05) is 0 Å². The van der Waals surface area contributed by atoms with Crippen LogP contribution in [0.3, 0.4) is 0 Å². The standard InChI is InChI=1S/C20H19N3O/c1-15-21-16(2)23-20(22-15)13-12-18-10-6-7-11-19(18)24-14-17-8-4-3-5-9-17/h3-13H,14H2,1-2H3/b13-12+. The molecular weight excluding hydrogens is 298 g/mol. The third-order valence-electron chi connectivity index (χ3n) is 3.44. The molecular formula is C20H19N3O. The highest BCUT2D eigenvalue weighted by Gasteiger charge is 2.02. The van der Waals surface area contributed by atoms with E-state index in [1.165, 1.54) is 0 Å². The molecule has 3 rings (SSSR count). The van der Waals surface area contributed by atoms with Crippen LogP contribution in [0.4, 0.5) is 0 Å². The molecule has 0 saturated heterocycles. The van der Waals surface area contributed by atoms with E-state index in [1.54, 1.807) is 0 Å². The maximum atomic E-state index is 5.95. The molecule has 0 saturated carbocycles. The first kappa shape index (κ1) is 15.9. The van der Waals surface area contributed by atoms with Gasteiger partial charge in [-0.05, 0) is 37.6 Å². The second-order valence-corrected chi connectivity index (χ2v) is 5.43. The van der Waals surface area contributed by atoms with Crippen molar-refractivity contribution in [3.63, 3.8) is 0 Å². The fourth-order valence-corrected chi connectivity index (χ4v) is 2.36. The molecule has 0 aliphatic heterocycles. The van der Waals surface area contributed by atoms with E-state index in [0.29, 0.717) is 12.4 Å². The first-order valence-corrected chi connectivity index (χ1v) is 7.84. The lowest BCUT2D eigenvalue weighted by Crippen LogP contribution is -1.98. The SMILES string of the molecule is Cc1nc(C)nc(/C=C/c2ccccc2OCc2ccccc2)n1. The van der Waals surface area contributed by atoms with Crippen LogP contribution in [-0.2, 0) is 6.61 Å². The first-order valence-electron chi connectivity index (χ1n) is 7.84. The Morgan fingerprint density at radius 2 is 1.46 bits per heavy atom. The number of benzene rings is 2. The van der Waals surface area contributed by atoms with Crippen molar-refractivity contribution >= 4 is 12.2 Å². The fourth-order valence-electron chi connectivity index (χ4n) is 2.36. The molecule has 0 atom stereocenters. The van der Waals surface area contributed by atoms with Gasteiger partial charge in [0, 0.05) is 5.56 Å². The molecule has 1 aromatic heterocycles. The molecule has 0 bridgehead atoms. The van der Waals surface area contributed by atoms with Gasteiger partial charge in [0.2, 0.25) is 0 Å². The molecule has 0 unspecified atom stereocenters. The number of hydrogen-bond acceptors (Lipinski definition) is 4. The lowest BCUT2D eigenvalue weighted by Gasteiger charge is -2.09. The largest absolute Gasteiger partial charge is 0.488 e. The maximum Gasteiger partial charge on any atom is 0.156 e. The zero-order chi connectivity index (χ0) is 16.8. The van der Waals surface area contributed by atoms with Gasteiger partial charge in [-0.2, -0.15) is 0 Å². The zero-order valence-electron chi connectivity index (χ0n) is 13.8. The molecule has 24 heavy (non-hydrogen) atoms. The summed E-state index contributed by atoms with van der Waals surface area (Å²) in [5.74, 6) is 2.92. The summed E-state index contributed by atoms with van der Waals surface area (Å²) < 4.78 is 5.95. The van der Waals surface area contributed by atoms with Crippen molar-refractivity contribution in [2.45, 2.75) is 20.5 Å². The number of rotatable bonds is 5. The third kappa shape index (κ3) is 4.26. The van der Waals surface area contributed by atoms with E-state index in [2.05, 4.69) is 27.1 Å². The second-order valence-electron chi connectivity index (χ2n) is 5.43. The van der Waals surface area contributed by atoms with Crippen LogP contribution >= 0.6 is 0 Å². The predicted octanol–water partition coefficient (Wildman–Crippen LogP) is 4.24. The summed E-state index contributed by atoms with van der Waals surface area (Å²) in [6.07, 6.45) is 3.85. The van der Waals surface area contributed by atoms with E-state index >= 15 is 0 Å². The minimum absolute atomic E-state index is 0.537. The van der Waals surface area contributed by atoms with Gasteiger partial charge >= 0.3 is 0 Å². The summed E-state index contributed by atoms with van der Waals surface area (Å²) in [4.78, 5) is 12.8. The van der Waals surface area contributed by atoms with E-state index in [0.717, 1.165) is 28.5 Å². The van der Waals surface area contributed by atoms with Crippen molar-refractivity contribution in [3.05, 3.63) is 83.2 Å². The number of aryl methyl sites for hydroxylation is 2. The highest BCUT2D eigenvalue weighted by Crippen LogP contribution is 2.21. The Labute approximate surface area is 141 Å². The molecule has 3 aromatic rings. The van der Waals surface area contributed by atoms with E-state index in [4.69, 9.17) is 4.74 Å². The molecule has 4 nitrogen and oxygen atoms in total. The maximum absolute atomic E-state index is 5.95. The van der Waals surface area contributed by atoms with Gasteiger partial charge in [-0.15, -0.1) is 0 Å². The number of aromatic nitrogens is 3. The Bertz CT molecular complexity index is 824. The molecule has 0 N–H and O–H groups in total. The fraction of sp³-hybridized carbons (Fsp3) is 0.150. The van der Waals surface area contributed by atoms with Crippen LogP contribution in [0.2, 0.25) is 0 Å². The van der Waals surface area contributed by atoms with Crippen LogP contribution in [0.15, 0.2) is 54.6 Å². The van der Waals surface area contributed by atoms with Gasteiger partial charge in [0.15, 0.2) is 5.82 Å². The molecule has 120 valence electrons. The summed E-state index contributed by atoms with van der Waals surface area (Å²) in [6.45, 7) is 4.27. The summed E-state index contributed by atoms with van der Waals surface area (Å²) >= 11 is 0. The molecule has 0 aliphatic rings. The van der Waals surface area contributed by atoms with Gasteiger partial charge in [0.05, 0.1) is 0 Å². The van der Waals surface area contributed by atoms with E-state index in [9.17, 15) is 0 Å². The molecule has 4 heteroatoms. The summed E-state index contributed by atoms with van der Waals surface area (Å²) in [5.41, 5.74) is 2.13. The lowest BCUT2D eigenvalue weighted by atomic mass is 10.2. The Kier molecular flexibility index (Phi) is 4.96. The van der Waals surface area contributed by atoms with Gasteiger partial charge in [0.1, 0.15) is 24.0 Å². The van der Waals surface area contributed by atoms with E-state index < -0.39 is 0 Å². The van der Waals surface area contributed by atoms with Crippen molar-refractivity contribution in [1.29, 1.82) is 0 Å². The Morgan fingerprint density at radius 1 is 0.792 bits per heavy atom. The van der Waals surface area contributed by atoms with Crippen LogP contribution in [-0.4, -0.2) is 15.0 Å². The van der Waals surface area contributed by atoms with Crippen molar-refractivity contribution in [1.82, 2.24) is 15.0 Å². The highest BCUT2D eigenvalue weighted by molar-refractivity contribution is 5.70. The topological polar surface area (TPSA) is 47.9 Å². The summed E-state index contributed by atoms with van der Waals surface area (Å²) in [7, 11) is 0. The Balaban J connectivity index is 1.77. The number of ether oxygens (including phenoxy) is 1. The number of hydrogen-bond donors (Lipinski definition) is 0. The number of para-hydroxylation sites is 1. The van der Waals surface area contributed by atoms with Crippen LogP contribution in [0.5, 0.6) is 5.75 Å². The third-order valence-corrected chi connectivity index (χ3v) is 3.44. The highest BCUT2D eigenvalue weighted by atomic mass is 16.5. The predicted molar refractivity (Wildman–Crippen MR) is 95.4 cm³/mol. The van der Waals surface area contributed by atoms with Crippen LogP contribution in [0.1, 0.15) is 28.6 Å². The molecule has 1 heterocycles. The zero-order valence-corrected chi connectivity index (χ0v) is 13.8. The van der Waals surface area contributed by atoms with Crippen LogP contribution < -0.4 is 4.74 Å².